The molecule has 0 unspecified atom stereocenters. The summed E-state index contributed by atoms with van der Waals surface area (Å²) in [5.41, 5.74) is 0.0773. The highest BCUT2D eigenvalue weighted by atomic mass is 32.2. The second-order valence-electron chi connectivity index (χ2n) is 7.01. The summed E-state index contributed by atoms with van der Waals surface area (Å²) in [6, 6.07) is 6.43. The van der Waals surface area contributed by atoms with Crippen molar-refractivity contribution in [3.05, 3.63) is 30.1 Å². The first-order valence-electron chi connectivity index (χ1n) is 9.16. The second kappa shape index (κ2) is 9.44. The predicted octanol–water partition coefficient (Wildman–Crippen LogP) is 2.88. The normalized spacial score (nSPS) is 25.2. The van der Waals surface area contributed by atoms with E-state index in [0.717, 1.165) is 49.1 Å². The number of ether oxygens (including phenoxy) is 1. The number of benzene rings is 1. The summed E-state index contributed by atoms with van der Waals surface area (Å²) in [6.45, 7) is 6.13. The summed E-state index contributed by atoms with van der Waals surface area (Å²) in [5.74, 6) is 2.71. The number of halogens is 1. The van der Waals surface area contributed by atoms with E-state index in [4.69, 9.17) is 4.74 Å². The summed E-state index contributed by atoms with van der Waals surface area (Å²) < 4.78 is 18.5. The van der Waals surface area contributed by atoms with Crippen LogP contribution in [0.25, 0.3) is 0 Å². The number of carbonyl (C=O) groups excluding carboxylic acids is 1. The molecule has 2 atom stereocenters. The monoisotopic (exact) mass is 398 g/mol. The molecule has 2 aliphatic rings. The van der Waals surface area contributed by atoms with E-state index in [1.807, 2.05) is 18.7 Å². The molecular weight excluding hydrogens is 371 g/mol. The van der Waals surface area contributed by atoms with Crippen molar-refractivity contribution in [3.63, 3.8) is 0 Å². The number of rotatable bonds is 7. The van der Waals surface area contributed by atoms with Crippen molar-refractivity contribution >= 4 is 29.4 Å². The maximum absolute atomic E-state index is 13.0. The molecule has 0 spiro atoms. The highest BCUT2D eigenvalue weighted by molar-refractivity contribution is 7.99. The number of amides is 1. The number of carbonyl (C=O) groups is 1. The van der Waals surface area contributed by atoms with Gasteiger partial charge in [0.1, 0.15) is 5.82 Å². The van der Waals surface area contributed by atoms with E-state index in [9.17, 15) is 9.18 Å². The molecule has 26 heavy (non-hydrogen) atoms. The zero-order chi connectivity index (χ0) is 18.4. The zero-order valence-electron chi connectivity index (χ0n) is 15.2. The Hall–Kier alpha value is -0.760. The molecule has 2 aliphatic heterocycles. The van der Waals surface area contributed by atoms with Gasteiger partial charge in [-0.25, -0.2) is 4.39 Å². The number of thioether (sulfide) groups is 2. The standard InChI is InChI=1S/C19H27FN2O2S2/c1-15(12-26-17-4-2-16(20)3-5-17)18(23)21-13-19(6-11-25-14-19)22-7-9-24-10-8-22/h2-5,15H,6-14H2,1H3,(H,21,23)/t15-,19+/m0/s1. The highest BCUT2D eigenvalue weighted by Crippen LogP contribution is 2.33. The molecule has 0 aliphatic carbocycles. The van der Waals surface area contributed by atoms with Gasteiger partial charge in [0.25, 0.3) is 0 Å². The third-order valence-corrected chi connectivity index (χ3v) is 7.62. The molecule has 2 heterocycles. The Morgan fingerprint density at radius 3 is 2.77 bits per heavy atom. The lowest BCUT2D eigenvalue weighted by Crippen LogP contribution is -2.59. The van der Waals surface area contributed by atoms with E-state index < -0.39 is 0 Å². The zero-order valence-corrected chi connectivity index (χ0v) is 16.8. The van der Waals surface area contributed by atoms with Gasteiger partial charge in [-0.1, -0.05) is 6.92 Å². The van der Waals surface area contributed by atoms with E-state index in [1.54, 1.807) is 23.9 Å². The SMILES string of the molecule is C[C@@H](CSc1ccc(F)cc1)C(=O)NC[C@]1(N2CCOCC2)CCSC1. The van der Waals surface area contributed by atoms with Crippen molar-refractivity contribution in [1.29, 1.82) is 0 Å². The Morgan fingerprint density at radius 1 is 1.38 bits per heavy atom. The van der Waals surface area contributed by atoms with Gasteiger partial charge in [-0.2, -0.15) is 11.8 Å². The smallest absolute Gasteiger partial charge is 0.223 e. The highest BCUT2D eigenvalue weighted by Gasteiger charge is 2.41. The number of nitrogens with zero attached hydrogens (tertiary/aromatic N) is 1. The molecular formula is C19H27FN2O2S2. The van der Waals surface area contributed by atoms with E-state index in [-0.39, 0.29) is 23.2 Å². The largest absolute Gasteiger partial charge is 0.379 e. The molecule has 1 amide bonds. The van der Waals surface area contributed by atoms with Crippen LogP contribution in [0.1, 0.15) is 13.3 Å². The Labute approximate surface area is 163 Å². The third-order valence-electron chi connectivity index (χ3n) is 5.12. The maximum atomic E-state index is 13.0. The number of nitrogens with one attached hydrogen (secondary N) is 1. The van der Waals surface area contributed by atoms with Gasteiger partial charge >= 0.3 is 0 Å². The topological polar surface area (TPSA) is 41.6 Å². The van der Waals surface area contributed by atoms with Gasteiger partial charge in [-0.3, -0.25) is 9.69 Å². The van der Waals surface area contributed by atoms with Gasteiger partial charge in [0, 0.05) is 47.5 Å². The molecule has 0 aromatic heterocycles. The summed E-state index contributed by atoms with van der Waals surface area (Å²) >= 11 is 3.57. The molecule has 1 aromatic rings. The lowest BCUT2D eigenvalue weighted by Gasteiger charge is -2.43. The van der Waals surface area contributed by atoms with Crippen LogP contribution in [-0.4, -0.2) is 66.5 Å². The fraction of sp³-hybridized carbons (Fsp3) is 0.632. The van der Waals surface area contributed by atoms with Crippen LogP contribution in [0.15, 0.2) is 29.2 Å². The molecule has 1 N–H and O–H groups in total. The summed E-state index contributed by atoms with van der Waals surface area (Å²) in [6.07, 6.45) is 1.12. The first-order valence-corrected chi connectivity index (χ1v) is 11.3. The fourth-order valence-electron chi connectivity index (χ4n) is 3.39. The average molecular weight is 399 g/mol. The average Bonchev–Trinajstić information content (AvgIpc) is 3.16. The maximum Gasteiger partial charge on any atom is 0.223 e. The summed E-state index contributed by atoms with van der Waals surface area (Å²) in [4.78, 5) is 16.1. The summed E-state index contributed by atoms with van der Waals surface area (Å²) in [5, 5.41) is 3.20. The lowest BCUT2D eigenvalue weighted by atomic mass is 9.95. The summed E-state index contributed by atoms with van der Waals surface area (Å²) in [7, 11) is 0. The van der Waals surface area contributed by atoms with Gasteiger partial charge in [0.2, 0.25) is 5.91 Å². The van der Waals surface area contributed by atoms with Crippen LogP contribution in [0.2, 0.25) is 0 Å². The molecule has 4 nitrogen and oxygen atoms in total. The van der Waals surface area contributed by atoms with E-state index >= 15 is 0 Å². The van der Waals surface area contributed by atoms with Crippen LogP contribution >= 0.6 is 23.5 Å². The Bertz CT molecular complexity index is 588. The van der Waals surface area contributed by atoms with Gasteiger partial charge in [0.15, 0.2) is 0 Å². The van der Waals surface area contributed by atoms with Crippen molar-refractivity contribution in [2.75, 3.05) is 50.1 Å². The Balaban J connectivity index is 1.48. The van der Waals surface area contributed by atoms with E-state index in [1.165, 1.54) is 12.1 Å². The first kappa shape index (κ1) is 20.0. The molecule has 2 saturated heterocycles. The minimum Gasteiger partial charge on any atom is -0.379 e. The van der Waals surface area contributed by atoms with Crippen LogP contribution in [0.5, 0.6) is 0 Å². The molecule has 1 aromatic carbocycles. The van der Waals surface area contributed by atoms with E-state index in [2.05, 4.69) is 10.2 Å². The number of morpholine rings is 1. The minimum absolute atomic E-state index is 0.0773. The minimum atomic E-state index is -0.233. The van der Waals surface area contributed by atoms with Crippen LogP contribution < -0.4 is 5.32 Å². The van der Waals surface area contributed by atoms with Crippen molar-refractivity contribution in [2.24, 2.45) is 5.92 Å². The Kier molecular flexibility index (Phi) is 7.26. The number of hydrogen-bond acceptors (Lipinski definition) is 5. The van der Waals surface area contributed by atoms with Gasteiger partial charge in [-0.05, 0) is 36.4 Å². The Morgan fingerprint density at radius 2 is 2.12 bits per heavy atom. The fourth-order valence-corrected chi connectivity index (χ4v) is 5.79. The van der Waals surface area contributed by atoms with Crippen LogP contribution in [-0.2, 0) is 9.53 Å². The van der Waals surface area contributed by atoms with Crippen LogP contribution in [0, 0.1) is 11.7 Å². The first-order chi connectivity index (χ1) is 12.6. The van der Waals surface area contributed by atoms with Gasteiger partial charge in [0.05, 0.1) is 13.2 Å². The lowest BCUT2D eigenvalue weighted by molar-refractivity contribution is -0.124. The van der Waals surface area contributed by atoms with Crippen molar-refractivity contribution in [1.82, 2.24) is 10.2 Å². The molecule has 144 valence electrons. The van der Waals surface area contributed by atoms with Crippen LogP contribution in [0.4, 0.5) is 4.39 Å². The second-order valence-corrected chi connectivity index (χ2v) is 9.21. The predicted molar refractivity (Wildman–Crippen MR) is 106 cm³/mol. The molecule has 0 saturated carbocycles. The quantitative estimate of drug-likeness (QED) is 0.716. The van der Waals surface area contributed by atoms with Gasteiger partial charge in [-0.15, -0.1) is 11.8 Å². The van der Waals surface area contributed by atoms with Crippen molar-refractivity contribution in [2.45, 2.75) is 23.8 Å². The molecule has 2 fully saturated rings. The van der Waals surface area contributed by atoms with Crippen molar-refractivity contribution < 1.29 is 13.9 Å². The molecule has 7 heteroatoms. The third kappa shape index (κ3) is 5.15. The molecule has 0 bridgehead atoms. The number of hydrogen-bond donors (Lipinski definition) is 1. The van der Waals surface area contributed by atoms with Crippen LogP contribution in [0.3, 0.4) is 0 Å². The molecule has 0 radical (unpaired) electrons. The van der Waals surface area contributed by atoms with Gasteiger partial charge < -0.3 is 10.1 Å². The van der Waals surface area contributed by atoms with Crippen molar-refractivity contribution in [3.8, 4) is 0 Å². The van der Waals surface area contributed by atoms with E-state index in [0.29, 0.717) is 12.3 Å². The molecule has 3 rings (SSSR count).